The summed E-state index contributed by atoms with van der Waals surface area (Å²) in [6.07, 6.45) is 3.46. The molecule has 2 fully saturated rings. The third-order valence-corrected chi connectivity index (χ3v) is 3.52. The number of nitrogens with one attached hydrogen (secondary N) is 1. The molecule has 0 spiro atoms. The second-order valence-corrected chi connectivity index (χ2v) is 4.82. The fourth-order valence-corrected chi connectivity index (χ4v) is 2.30. The van der Waals surface area contributed by atoms with E-state index >= 15 is 0 Å². The zero-order valence-corrected chi connectivity index (χ0v) is 9.12. The van der Waals surface area contributed by atoms with Crippen LogP contribution in [-0.2, 0) is 4.79 Å². The normalized spacial score (nSPS) is 37.9. The number of likely N-dealkylation sites (tertiary alicyclic amines) is 1. The van der Waals surface area contributed by atoms with Crippen LogP contribution in [0.2, 0.25) is 0 Å². The SMILES string of the molecule is CC1CCC(C)N(C(=O)C2CCN2)C1. The van der Waals surface area contributed by atoms with Crippen LogP contribution in [0.1, 0.15) is 33.1 Å². The summed E-state index contributed by atoms with van der Waals surface area (Å²) in [6, 6.07) is 0.573. The maximum Gasteiger partial charge on any atom is 0.240 e. The fourth-order valence-electron chi connectivity index (χ4n) is 2.30. The summed E-state index contributed by atoms with van der Waals surface area (Å²) in [4.78, 5) is 14.1. The minimum Gasteiger partial charge on any atom is -0.338 e. The fraction of sp³-hybridized carbons (Fsp3) is 0.909. The van der Waals surface area contributed by atoms with Gasteiger partial charge in [0.05, 0.1) is 6.04 Å². The van der Waals surface area contributed by atoms with Gasteiger partial charge in [0, 0.05) is 12.6 Å². The molecule has 80 valence electrons. The van der Waals surface area contributed by atoms with Gasteiger partial charge in [-0.2, -0.15) is 0 Å². The summed E-state index contributed by atoms with van der Waals surface area (Å²) in [5.74, 6) is 1.01. The summed E-state index contributed by atoms with van der Waals surface area (Å²) in [6.45, 7) is 6.37. The molecule has 2 heterocycles. The van der Waals surface area contributed by atoms with Crippen LogP contribution in [0.3, 0.4) is 0 Å². The first-order valence-electron chi connectivity index (χ1n) is 5.72. The van der Waals surface area contributed by atoms with Crippen molar-refractivity contribution in [2.75, 3.05) is 13.1 Å². The lowest BCUT2D eigenvalue weighted by molar-refractivity contribution is -0.139. The van der Waals surface area contributed by atoms with Crippen molar-refractivity contribution in [2.24, 2.45) is 5.92 Å². The van der Waals surface area contributed by atoms with Crippen LogP contribution < -0.4 is 5.32 Å². The zero-order chi connectivity index (χ0) is 10.1. The van der Waals surface area contributed by atoms with Gasteiger partial charge in [0.15, 0.2) is 0 Å². The minimum absolute atomic E-state index is 0.128. The summed E-state index contributed by atoms with van der Waals surface area (Å²) >= 11 is 0. The molecular weight excluding hydrogens is 176 g/mol. The van der Waals surface area contributed by atoms with Gasteiger partial charge in [-0.05, 0) is 38.6 Å². The van der Waals surface area contributed by atoms with E-state index in [1.807, 2.05) is 0 Å². The molecule has 0 radical (unpaired) electrons. The number of hydrogen-bond donors (Lipinski definition) is 1. The first-order valence-corrected chi connectivity index (χ1v) is 5.72. The van der Waals surface area contributed by atoms with Gasteiger partial charge in [0.25, 0.3) is 0 Å². The van der Waals surface area contributed by atoms with E-state index in [0.29, 0.717) is 17.9 Å². The Hall–Kier alpha value is -0.570. The quantitative estimate of drug-likeness (QED) is 0.678. The van der Waals surface area contributed by atoms with E-state index in [9.17, 15) is 4.79 Å². The van der Waals surface area contributed by atoms with E-state index in [1.54, 1.807) is 0 Å². The van der Waals surface area contributed by atoms with Crippen molar-refractivity contribution in [2.45, 2.75) is 45.2 Å². The monoisotopic (exact) mass is 196 g/mol. The van der Waals surface area contributed by atoms with Crippen LogP contribution in [0.4, 0.5) is 0 Å². The molecule has 3 unspecified atom stereocenters. The number of carbonyl (C=O) groups excluding carboxylic acids is 1. The van der Waals surface area contributed by atoms with Gasteiger partial charge in [-0.15, -0.1) is 0 Å². The van der Waals surface area contributed by atoms with Crippen LogP contribution in [0.25, 0.3) is 0 Å². The molecule has 2 rings (SSSR count). The van der Waals surface area contributed by atoms with E-state index < -0.39 is 0 Å². The van der Waals surface area contributed by atoms with Crippen molar-refractivity contribution in [1.29, 1.82) is 0 Å². The van der Waals surface area contributed by atoms with Crippen molar-refractivity contribution in [3.8, 4) is 0 Å². The Bertz CT molecular complexity index is 225. The van der Waals surface area contributed by atoms with Crippen molar-refractivity contribution in [3.63, 3.8) is 0 Å². The summed E-state index contributed by atoms with van der Waals surface area (Å²) in [5, 5.41) is 3.19. The van der Waals surface area contributed by atoms with E-state index in [0.717, 1.165) is 19.5 Å². The average molecular weight is 196 g/mol. The maximum atomic E-state index is 12.0. The molecule has 0 aromatic rings. The Morgan fingerprint density at radius 2 is 2.00 bits per heavy atom. The molecule has 1 N–H and O–H groups in total. The Morgan fingerprint density at radius 3 is 2.57 bits per heavy atom. The molecule has 1 amide bonds. The third kappa shape index (κ3) is 1.78. The largest absolute Gasteiger partial charge is 0.338 e. The van der Waals surface area contributed by atoms with E-state index in [1.165, 1.54) is 12.8 Å². The number of nitrogens with zero attached hydrogens (tertiary/aromatic N) is 1. The van der Waals surface area contributed by atoms with Crippen molar-refractivity contribution in [1.82, 2.24) is 10.2 Å². The van der Waals surface area contributed by atoms with Crippen LogP contribution in [0.15, 0.2) is 0 Å². The second-order valence-electron chi connectivity index (χ2n) is 4.82. The molecule has 2 aliphatic rings. The zero-order valence-electron chi connectivity index (χ0n) is 9.12. The summed E-state index contributed by atoms with van der Waals surface area (Å²) < 4.78 is 0. The molecule has 14 heavy (non-hydrogen) atoms. The van der Waals surface area contributed by atoms with Crippen LogP contribution in [0, 0.1) is 5.92 Å². The minimum atomic E-state index is 0.128. The van der Waals surface area contributed by atoms with E-state index in [2.05, 4.69) is 24.1 Å². The molecule has 0 bridgehead atoms. The topological polar surface area (TPSA) is 32.3 Å². The van der Waals surface area contributed by atoms with Gasteiger partial charge in [-0.3, -0.25) is 4.79 Å². The molecule has 3 heteroatoms. The number of piperidine rings is 1. The average Bonchev–Trinajstić information content (AvgIpc) is 2.06. The van der Waals surface area contributed by atoms with Crippen LogP contribution in [0.5, 0.6) is 0 Å². The first kappa shape index (κ1) is 9.97. The molecule has 2 saturated heterocycles. The van der Waals surface area contributed by atoms with Crippen LogP contribution in [-0.4, -0.2) is 36.0 Å². The van der Waals surface area contributed by atoms with Gasteiger partial charge < -0.3 is 10.2 Å². The van der Waals surface area contributed by atoms with E-state index in [-0.39, 0.29) is 6.04 Å². The number of rotatable bonds is 1. The Morgan fingerprint density at radius 1 is 1.29 bits per heavy atom. The lowest BCUT2D eigenvalue weighted by Crippen LogP contribution is -2.58. The van der Waals surface area contributed by atoms with Gasteiger partial charge in [0.1, 0.15) is 0 Å². The number of hydrogen-bond acceptors (Lipinski definition) is 2. The molecule has 2 aliphatic heterocycles. The molecule has 0 aliphatic carbocycles. The highest BCUT2D eigenvalue weighted by Crippen LogP contribution is 2.23. The highest BCUT2D eigenvalue weighted by molar-refractivity contribution is 5.83. The molecule has 3 nitrogen and oxygen atoms in total. The standard InChI is InChI=1S/C11H20N2O/c1-8-3-4-9(2)13(7-8)11(14)10-5-6-12-10/h8-10,12H,3-7H2,1-2H3. The van der Waals surface area contributed by atoms with Gasteiger partial charge in [0.2, 0.25) is 5.91 Å². The van der Waals surface area contributed by atoms with Gasteiger partial charge >= 0.3 is 0 Å². The van der Waals surface area contributed by atoms with Crippen molar-refractivity contribution in [3.05, 3.63) is 0 Å². The predicted octanol–water partition coefficient (Wildman–Crippen LogP) is 0.995. The maximum absolute atomic E-state index is 12.0. The molecule has 0 saturated carbocycles. The highest BCUT2D eigenvalue weighted by atomic mass is 16.2. The first-order chi connectivity index (χ1) is 6.68. The number of carbonyl (C=O) groups is 1. The number of amides is 1. The lowest BCUT2D eigenvalue weighted by atomic mass is 9.93. The highest BCUT2D eigenvalue weighted by Gasteiger charge is 2.33. The Labute approximate surface area is 85.8 Å². The predicted molar refractivity (Wildman–Crippen MR) is 56.0 cm³/mol. The second kappa shape index (κ2) is 3.89. The van der Waals surface area contributed by atoms with Crippen molar-refractivity contribution < 1.29 is 4.79 Å². The molecule has 3 atom stereocenters. The molecule has 0 aromatic heterocycles. The third-order valence-electron chi connectivity index (χ3n) is 3.52. The molecule has 0 aromatic carbocycles. The summed E-state index contributed by atoms with van der Waals surface area (Å²) in [7, 11) is 0. The molecular formula is C11H20N2O. The lowest BCUT2D eigenvalue weighted by Gasteiger charge is -2.40. The van der Waals surface area contributed by atoms with Gasteiger partial charge in [-0.25, -0.2) is 0 Å². The van der Waals surface area contributed by atoms with Crippen molar-refractivity contribution >= 4 is 5.91 Å². The van der Waals surface area contributed by atoms with Crippen LogP contribution >= 0.6 is 0 Å². The smallest absolute Gasteiger partial charge is 0.240 e. The Balaban J connectivity index is 1.96. The Kier molecular flexibility index (Phi) is 2.77. The van der Waals surface area contributed by atoms with E-state index in [4.69, 9.17) is 0 Å². The summed E-state index contributed by atoms with van der Waals surface area (Å²) in [5.41, 5.74) is 0. The van der Waals surface area contributed by atoms with Gasteiger partial charge in [-0.1, -0.05) is 6.92 Å².